The maximum absolute atomic E-state index is 11.8. The van der Waals surface area contributed by atoms with Crippen molar-refractivity contribution in [3.05, 3.63) is 59.8 Å². The number of urea groups is 1. The Labute approximate surface area is 137 Å². The highest BCUT2D eigenvalue weighted by Crippen LogP contribution is 2.04. The Balaban J connectivity index is 0.00000112. The Hall–Kier alpha value is -2.82. The Morgan fingerprint density at radius 1 is 1.17 bits per heavy atom. The standard InChI is InChI=1S/C14H14N4O.2C2H6/c1-3-13(12-9-15-18-10(12)2)17-14(19)16-11-7-5-4-6-8-11;2*1-2/h3-9,18H,1-2H2,(H2,16,17,19);2*1-2H3/b13-12+;;. The summed E-state index contributed by atoms with van der Waals surface area (Å²) >= 11 is 0. The van der Waals surface area contributed by atoms with Crippen molar-refractivity contribution in [1.82, 2.24) is 15.5 Å². The molecule has 0 bridgehead atoms. The van der Waals surface area contributed by atoms with E-state index < -0.39 is 0 Å². The van der Waals surface area contributed by atoms with Crippen molar-refractivity contribution >= 4 is 24.0 Å². The number of amides is 2. The quantitative estimate of drug-likeness (QED) is 0.815. The van der Waals surface area contributed by atoms with Gasteiger partial charge in [-0.2, -0.15) is 5.10 Å². The zero-order chi connectivity index (χ0) is 17.7. The molecule has 1 heterocycles. The van der Waals surface area contributed by atoms with E-state index in [-0.39, 0.29) is 6.03 Å². The SMILES string of the molecule is C=C/C(NC(=O)Nc1ccccc1)=c1/cn[nH]c1=C.CC.CC. The van der Waals surface area contributed by atoms with Gasteiger partial charge >= 0.3 is 6.03 Å². The molecule has 0 saturated heterocycles. The van der Waals surface area contributed by atoms with Crippen LogP contribution in [0.3, 0.4) is 0 Å². The fourth-order valence-electron chi connectivity index (χ4n) is 1.58. The largest absolute Gasteiger partial charge is 0.323 e. The molecule has 0 saturated carbocycles. The highest BCUT2D eigenvalue weighted by atomic mass is 16.2. The molecule has 0 aliphatic carbocycles. The first-order valence-electron chi connectivity index (χ1n) is 7.69. The number of carbonyl (C=O) groups excluding carboxylic acids is 1. The molecule has 5 heteroatoms. The van der Waals surface area contributed by atoms with Crippen LogP contribution in [0.5, 0.6) is 0 Å². The summed E-state index contributed by atoms with van der Waals surface area (Å²) in [5, 5.41) is 13.3. The van der Waals surface area contributed by atoms with Crippen LogP contribution in [0.4, 0.5) is 10.5 Å². The van der Waals surface area contributed by atoms with Crippen molar-refractivity contribution in [3.63, 3.8) is 0 Å². The minimum atomic E-state index is -0.346. The van der Waals surface area contributed by atoms with Crippen molar-refractivity contribution in [3.8, 4) is 0 Å². The van der Waals surface area contributed by atoms with Gasteiger partial charge in [-0.1, -0.05) is 59.1 Å². The van der Waals surface area contributed by atoms with Gasteiger partial charge < -0.3 is 10.6 Å². The van der Waals surface area contributed by atoms with Gasteiger partial charge in [-0.3, -0.25) is 5.10 Å². The number of hydrogen-bond donors (Lipinski definition) is 3. The van der Waals surface area contributed by atoms with Crippen LogP contribution in [-0.2, 0) is 0 Å². The third-order valence-electron chi connectivity index (χ3n) is 2.49. The molecule has 0 aliphatic heterocycles. The first-order valence-corrected chi connectivity index (χ1v) is 7.69. The van der Waals surface area contributed by atoms with Crippen molar-refractivity contribution < 1.29 is 4.79 Å². The molecular weight excluding hydrogens is 288 g/mol. The van der Waals surface area contributed by atoms with Crippen LogP contribution in [-0.4, -0.2) is 16.2 Å². The zero-order valence-corrected chi connectivity index (χ0v) is 14.3. The Morgan fingerprint density at radius 2 is 1.78 bits per heavy atom. The molecule has 2 aromatic rings. The van der Waals surface area contributed by atoms with E-state index in [2.05, 4.69) is 34.0 Å². The van der Waals surface area contributed by atoms with E-state index in [1.807, 2.05) is 45.9 Å². The molecule has 0 atom stereocenters. The normalized spacial score (nSPS) is 10.1. The van der Waals surface area contributed by atoms with Gasteiger partial charge in [0.2, 0.25) is 0 Å². The van der Waals surface area contributed by atoms with E-state index in [0.29, 0.717) is 22.0 Å². The third-order valence-corrected chi connectivity index (χ3v) is 2.49. The number of nitrogens with zero attached hydrogens (tertiary/aromatic N) is 1. The summed E-state index contributed by atoms with van der Waals surface area (Å²) < 4.78 is 0. The average molecular weight is 314 g/mol. The third kappa shape index (κ3) is 6.65. The summed E-state index contributed by atoms with van der Waals surface area (Å²) in [4.78, 5) is 11.8. The molecule has 0 aliphatic rings. The molecule has 0 unspecified atom stereocenters. The molecular formula is C18H26N4O. The van der Waals surface area contributed by atoms with Crippen molar-refractivity contribution in [2.75, 3.05) is 5.32 Å². The predicted molar refractivity (Wildman–Crippen MR) is 98.3 cm³/mol. The molecule has 23 heavy (non-hydrogen) atoms. The Bertz CT molecular complexity index is 689. The lowest BCUT2D eigenvalue weighted by molar-refractivity contribution is 0.255. The van der Waals surface area contributed by atoms with Crippen LogP contribution in [0.2, 0.25) is 0 Å². The smallest absolute Gasteiger partial charge is 0.308 e. The summed E-state index contributed by atoms with van der Waals surface area (Å²) in [5.74, 6) is 0. The Morgan fingerprint density at radius 3 is 2.26 bits per heavy atom. The molecule has 2 amide bonds. The lowest BCUT2D eigenvalue weighted by atomic mass is 10.3. The lowest BCUT2D eigenvalue weighted by Crippen LogP contribution is -2.34. The first-order chi connectivity index (χ1) is 11.2. The van der Waals surface area contributed by atoms with E-state index in [1.54, 1.807) is 24.4 Å². The summed E-state index contributed by atoms with van der Waals surface area (Å²) in [6.45, 7) is 15.5. The van der Waals surface area contributed by atoms with Gasteiger partial charge in [0.15, 0.2) is 0 Å². The van der Waals surface area contributed by atoms with Crippen LogP contribution in [0, 0.1) is 0 Å². The number of benzene rings is 1. The summed E-state index contributed by atoms with van der Waals surface area (Å²) in [6.07, 6.45) is 3.13. The molecule has 1 aromatic carbocycles. The number of hydrogen-bond acceptors (Lipinski definition) is 2. The molecule has 0 spiro atoms. The summed E-state index contributed by atoms with van der Waals surface area (Å²) in [6, 6.07) is 8.83. The van der Waals surface area contributed by atoms with E-state index in [9.17, 15) is 4.79 Å². The second kappa shape index (κ2) is 11.8. The zero-order valence-electron chi connectivity index (χ0n) is 14.3. The second-order valence-electron chi connectivity index (χ2n) is 3.83. The topological polar surface area (TPSA) is 69.8 Å². The molecule has 0 radical (unpaired) electrons. The van der Waals surface area contributed by atoms with Crippen LogP contribution in [0.1, 0.15) is 27.7 Å². The van der Waals surface area contributed by atoms with Gasteiger partial charge in [0.25, 0.3) is 0 Å². The van der Waals surface area contributed by atoms with Crippen molar-refractivity contribution in [2.24, 2.45) is 0 Å². The highest BCUT2D eigenvalue weighted by Gasteiger charge is 2.03. The molecule has 3 N–H and O–H groups in total. The van der Waals surface area contributed by atoms with Crippen molar-refractivity contribution in [1.29, 1.82) is 0 Å². The molecule has 124 valence electrons. The molecule has 0 fully saturated rings. The highest BCUT2D eigenvalue weighted by molar-refractivity contribution is 5.94. The van der Waals surface area contributed by atoms with Crippen LogP contribution >= 0.6 is 0 Å². The first kappa shape index (κ1) is 20.2. The van der Waals surface area contributed by atoms with Gasteiger partial charge in [-0.25, -0.2) is 4.79 Å². The number of H-pyrrole nitrogens is 1. The Kier molecular flexibility index (Phi) is 10.4. The maximum atomic E-state index is 11.8. The minimum Gasteiger partial charge on any atom is -0.308 e. The molecule has 5 nitrogen and oxygen atoms in total. The summed E-state index contributed by atoms with van der Waals surface area (Å²) in [7, 11) is 0. The van der Waals surface area contributed by atoms with Gasteiger partial charge in [0, 0.05) is 10.9 Å². The number of aromatic nitrogens is 2. The van der Waals surface area contributed by atoms with E-state index in [1.165, 1.54) is 0 Å². The van der Waals surface area contributed by atoms with Crippen LogP contribution in [0.25, 0.3) is 12.3 Å². The van der Waals surface area contributed by atoms with Crippen molar-refractivity contribution in [2.45, 2.75) is 27.7 Å². The fraction of sp³-hybridized carbons (Fsp3) is 0.222. The predicted octanol–water partition coefficient (Wildman–Crippen LogP) is 2.99. The second-order valence-corrected chi connectivity index (χ2v) is 3.83. The maximum Gasteiger partial charge on any atom is 0.323 e. The molecule has 2 rings (SSSR count). The number of aromatic amines is 1. The van der Waals surface area contributed by atoms with Gasteiger partial charge in [-0.15, -0.1) is 0 Å². The number of nitrogens with one attached hydrogen (secondary N) is 3. The average Bonchev–Trinajstić information content (AvgIpc) is 3.03. The fourth-order valence-corrected chi connectivity index (χ4v) is 1.58. The van der Waals surface area contributed by atoms with Gasteiger partial charge in [-0.05, 0) is 18.2 Å². The van der Waals surface area contributed by atoms with Gasteiger partial charge in [0.05, 0.1) is 17.2 Å². The van der Waals surface area contributed by atoms with E-state index in [4.69, 9.17) is 0 Å². The van der Waals surface area contributed by atoms with Crippen LogP contribution < -0.4 is 21.2 Å². The van der Waals surface area contributed by atoms with Crippen LogP contribution in [0.15, 0.2) is 49.2 Å². The van der Waals surface area contributed by atoms with E-state index in [0.717, 1.165) is 0 Å². The lowest BCUT2D eigenvalue weighted by Gasteiger charge is -2.07. The number of anilines is 1. The minimum absolute atomic E-state index is 0.346. The monoisotopic (exact) mass is 314 g/mol. The summed E-state index contributed by atoms with van der Waals surface area (Å²) in [5.41, 5.74) is 1.26. The number of carbonyl (C=O) groups is 1. The molecule has 1 aromatic heterocycles. The number of para-hydroxylation sites is 1. The number of rotatable bonds is 3. The van der Waals surface area contributed by atoms with E-state index >= 15 is 0 Å². The van der Waals surface area contributed by atoms with Gasteiger partial charge in [0.1, 0.15) is 0 Å².